The molecule has 0 saturated carbocycles. The molecule has 0 spiro atoms. The fourth-order valence-corrected chi connectivity index (χ4v) is 1.60. The average Bonchev–Trinajstić information content (AvgIpc) is 2.43. The second kappa shape index (κ2) is 8.31. The summed E-state index contributed by atoms with van der Waals surface area (Å²) < 4.78 is 227. The van der Waals surface area contributed by atoms with Crippen molar-refractivity contribution in [1.82, 2.24) is 0 Å². The standard InChI is InChI=1S/C8F17O3P.Na/c9-1(10,3(13,14)5(17,18)7(21,22)23)2(11,12)4(15,16)6(19,20)8(24,25)28-29(26)27;/q;+1. The Hall–Kier alpha value is -0.170. The van der Waals surface area contributed by atoms with Crippen molar-refractivity contribution in [1.29, 1.82) is 0 Å². The van der Waals surface area contributed by atoms with Gasteiger partial charge in [0.2, 0.25) is 0 Å². The first kappa shape index (κ1) is 32.0. The maximum absolute atomic E-state index is 13.1. The molecule has 0 aliphatic carbocycles. The van der Waals surface area contributed by atoms with Crippen LogP contribution in [0.15, 0.2) is 0 Å². The number of alkyl halides is 17. The van der Waals surface area contributed by atoms with Gasteiger partial charge in [0.15, 0.2) is 0 Å². The Kier molecular flexibility index (Phi) is 8.87. The molecular weight excluding hydrogens is 521 g/mol. The van der Waals surface area contributed by atoms with Gasteiger partial charge in [-0.25, -0.2) is 0 Å². The van der Waals surface area contributed by atoms with Gasteiger partial charge in [0.05, 0.1) is 0 Å². The molecule has 0 heterocycles. The number of hydrogen-bond acceptors (Lipinski definition) is 3. The zero-order valence-electron chi connectivity index (χ0n) is 13.1. The summed E-state index contributed by atoms with van der Waals surface area (Å²) in [5.74, 6) is -51.2. The van der Waals surface area contributed by atoms with E-state index in [-0.39, 0.29) is 29.6 Å². The zero-order chi connectivity index (χ0) is 24.3. The van der Waals surface area contributed by atoms with Crippen LogP contribution in [0.3, 0.4) is 0 Å². The van der Waals surface area contributed by atoms with Gasteiger partial charge in [0.25, 0.3) is 0 Å². The largest absolute Gasteiger partial charge is 1.00 e. The Morgan fingerprint density at radius 3 is 0.967 bits per heavy atom. The van der Waals surface area contributed by atoms with E-state index in [2.05, 4.69) is 0 Å². The summed E-state index contributed by atoms with van der Waals surface area (Å²) in [5.41, 5.74) is 0. The van der Waals surface area contributed by atoms with Crippen LogP contribution in [-0.2, 0) is 9.09 Å². The number of halogens is 17. The average molecular weight is 521 g/mol. The van der Waals surface area contributed by atoms with Crippen molar-refractivity contribution in [2.45, 2.75) is 47.8 Å². The predicted molar refractivity (Wildman–Crippen MR) is 49.4 cm³/mol. The molecule has 0 bridgehead atoms. The minimum atomic E-state index is -8.78. The molecule has 0 fully saturated rings. The van der Waals surface area contributed by atoms with E-state index in [4.69, 9.17) is 0 Å². The van der Waals surface area contributed by atoms with Crippen LogP contribution in [-0.4, -0.2) is 47.8 Å². The van der Waals surface area contributed by atoms with Gasteiger partial charge in [-0.2, -0.15) is 74.6 Å². The minimum absolute atomic E-state index is 0. The third-order valence-corrected chi connectivity index (χ3v) is 3.26. The first-order valence-electron chi connectivity index (χ1n) is 5.71. The van der Waals surface area contributed by atoms with Gasteiger partial charge in [-0.1, -0.05) is 4.52 Å². The number of hydrogen-bond donors (Lipinski definition) is 0. The predicted octanol–water partition coefficient (Wildman–Crippen LogP) is 1.99. The van der Waals surface area contributed by atoms with E-state index in [1.165, 1.54) is 0 Å². The molecule has 30 heavy (non-hydrogen) atoms. The van der Waals surface area contributed by atoms with Gasteiger partial charge in [0.1, 0.15) is 0 Å². The van der Waals surface area contributed by atoms with Gasteiger partial charge in [0, 0.05) is 0 Å². The van der Waals surface area contributed by atoms with Gasteiger partial charge >= 0.3 is 85.6 Å². The Labute approximate surface area is 174 Å². The van der Waals surface area contributed by atoms with E-state index in [1.54, 1.807) is 4.52 Å². The molecule has 1 atom stereocenters. The van der Waals surface area contributed by atoms with Gasteiger partial charge < -0.3 is 4.89 Å². The monoisotopic (exact) mass is 521 g/mol. The molecular formula is C8F17NaO3P+. The second-order valence-corrected chi connectivity index (χ2v) is 5.41. The Morgan fingerprint density at radius 1 is 0.500 bits per heavy atom. The summed E-state index contributed by atoms with van der Waals surface area (Å²) in [6, 6.07) is 0. The fraction of sp³-hybridized carbons (Fsp3) is 1.00. The van der Waals surface area contributed by atoms with Crippen molar-refractivity contribution in [3.8, 4) is 0 Å². The zero-order valence-corrected chi connectivity index (χ0v) is 16.0. The van der Waals surface area contributed by atoms with Crippen LogP contribution in [0, 0.1) is 0 Å². The van der Waals surface area contributed by atoms with E-state index in [0.29, 0.717) is 0 Å². The van der Waals surface area contributed by atoms with Crippen LogP contribution in [0.4, 0.5) is 74.6 Å². The maximum Gasteiger partial charge on any atom is 1.00 e. The first-order valence-corrected chi connectivity index (χ1v) is 6.81. The van der Waals surface area contributed by atoms with E-state index in [0.717, 1.165) is 0 Å². The quantitative estimate of drug-likeness (QED) is 0.279. The summed E-state index contributed by atoms with van der Waals surface area (Å²) in [4.78, 5) is 9.71. The molecule has 0 saturated heterocycles. The molecule has 0 aromatic carbocycles. The van der Waals surface area contributed by atoms with Crippen molar-refractivity contribution in [2.24, 2.45) is 0 Å². The molecule has 0 aromatic rings. The molecule has 22 heteroatoms. The molecule has 0 aromatic heterocycles. The van der Waals surface area contributed by atoms with Gasteiger partial charge in [-0.15, -0.1) is 0 Å². The molecule has 0 radical (unpaired) electrons. The van der Waals surface area contributed by atoms with E-state index in [1.807, 2.05) is 0 Å². The van der Waals surface area contributed by atoms with Crippen LogP contribution in [0.1, 0.15) is 0 Å². The number of rotatable bonds is 8. The molecule has 3 nitrogen and oxygen atoms in total. The molecule has 1 unspecified atom stereocenters. The summed E-state index contributed by atoms with van der Waals surface area (Å²) in [6.07, 6.45) is -15.2. The van der Waals surface area contributed by atoms with Crippen molar-refractivity contribution in [3.63, 3.8) is 0 Å². The molecule has 174 valence electrons. The van der Waals surface area contributed by atoms with E-state index >= 15 is 0 Å². The van der Waals surface area contributed by atoms with E-state index in [9.17, 15) is 84.1 Å². The van der Waals surface area contributed by atoms with E-state index < -0.39 is 56.1 Å². The van der Waals surface area contributed by atoms with Crippen LogP contribution in [0.2, 0.25) is 0 Å². The van der Waals surface area contributed by atoms with Crippen molar-refractivity contribution in [3.05, 3.63) is 0 Å². The third kappa shape index (κ3) is 4.35. The Balaban J connectivity index is 0. The van der Waals surface area contributed by atoms with Crippen LogP contribution < -0.4 is 34.5 Å². The summed E-state index contributed by atoms with van der Waals surface area (Å²) >= 11 is 0. The van der Waals surface area contributed by atoms with Crippen LogP contribution >= 0.6 is 8.25 Å². The van der Waals surface area contributed by atoms with Crippen LogP contribution in [0.25, 0.3) is 0 Å². The topological polar surface area (TPSA) is 49.4 Å². The molecule has 0 amide bonds. The van der Waals surface area contributed by atoms with Crippen molar-refractivity contribution in [2.75, 3.05) is 0 Å². The Bertz CT molecular complexity index is 643. The van der Waals surface area contributed by atoms with Crippen molar-refractivity contribution >= 4 is 8.25 Å². The maximum atomic E-state index is 13.1. The van der Waals surface area contributed by atoms with Crippen LogP contribution in [0.5, 0.6) is 0 Å². The van der Waals surface area contributed by atoms with Crippen molar-refractivity contribution < 1.29 is 118 Å². The first-order chi connectivity index (χ1) is 12.2. The van der Waals surface area contributed by atoms with Gasteiger partial charge in [-0.3, -0.25) is 0 Å². The van der Waals surface area contributed by atoms with Gasteiger partial charge in [-0.05, 0) is 4.57 Å². The molecule has 0 aliphatic rings. The second-order valence-electron chi connectivity index (χ2n) is 4.78. The minimum Gasteiger partial charge on any atom is -0.566 e. The fourth-order valence-electron chi connectivity index (χ4n) is 1.30. The molecule has 0 N–H and O–H groups in total. The SMILES string of the molecule is O=[P+]([O-])OC(F)(F)C(F)(F)C(F)(F)C(F)(F)C(F)(F)C(F)(F)C(F)(F)C(F)(F)F.[Na+]. The summed E-state index contributed by atoms with van der Waals surface area (Å²) in [6.45, 7) is 0. The third-order valence-electron chi connectivity index (χ3n) is 2.88. The smallest absolute Gasteiger partial charge is 0.566 e. The summed E-state index contributed by atoms with van der Waals surface area (Å²) in [5, 5.41) is 0. The Morgan fingerprint density at radius 2 is 0.733 bits per heavy atom. The normalized spacial score (nSPS) is 16.3. The summed E-state index contributed by atoms with van der Waals surface area (Å²) in [7, 11) is -5.33. The molecule has 0 aliphatic heterocycles. The molecule has 0 rings (SSSR count).